The number of hydrogen-bond donors (Lipinski definition) is 4. The van der Waals surface area contributed by atoms with Crippen LogP contribution in [0.15, 0.2) is 41.5 Å². The van der Waals surface area contributed by atoms with Crippen LogP contribution in [-0.2, 0) is 6.54 Å². The van der Waals surface area contributed by atoms with E-state index in [2.05, 4.69) is 15.4 Å². The number of benzene rings is 1. The number of nitrogens with one attached hydrogen (secondary N) is 1. The molecule has 0 radical (unpaired) electrons. The molecule has 0 saturated heterocycles. The van der Waals surface area contributed by atoms with Gasteiger partial charge in [0.2, 0.25) is 0 Å². The average molecular weight is 372 g/mol. The van der Waals surface area contributed by atoms with Gasteiger partial charge in [-0.15, -0.1) is 5.10 Å². The zero-order valence-electron chi connectivity index (χ0n) is 15.3. The van der Waals surface area contributed by atoms with Gasteiger partial charge in [-0.3, -0.25) is 4.79 Å². The van der Waals surface area contributed by atoms with Gasteiger partial charge in [-0.25, -0.2) is 15.9 Å². The lowest BCUT2D eigenvalue weighted by molar-refractivity contribution is 0.0945. The Morgan fingerprint density at radius 3 is 2.85 bits per heavy atom. The number of nitrogens with two attached hydrogens (primary N) is 2. The first kappa shape index (κ1) is 20.1. The van der Waals surface area contributed by atoms with Crippen LogP contribution in [0.4, 0.5) is 0 Å². The summed E-state index contributed by atoms with van der Waals surface area (Å²) in [4.78, 5) is 16.7. The molecule has 0 aliphatic heterocycles. The van der Waals surface area contributed by atoms with Gasteiger partial charge < -0.3 is 20.9 Å². The molecule has 6 N–H and O–H groups in total. The Labute approximate surface area is 157 Å². The minimum Gasteiger partial charge on any atom is -0.491 e. The van der Waals surface area contributed by atoms with Gasteiger partial charge >= 0.3 is 0 Å². The Hall–Kier alpha value is -3.17. The third-order valence-corrected chi connectivity index (χ3v) is 3.46. The molecule has 1 heterocycles. The molecule has 1 aromatic heterocycles. The van der Waals surface area contributed by atoms with E-state index in [0.29, 0.717) is 23.6 Å². The van der Waals surface area contributed by atoms with Crippen LogP contribution in [0.25, 0.3) is 0 Å². The number of hydrazine groups is 1. The third-order valence-electron chi connectivity index (χ3n) is 3.46. The van der Waals surface area contributed by atoms with Crippen molar-refractivity contribution in [1.29, 1.82) is 0 Å². The summed E-state index contributed by atoms with van der Waals surface area (Å²) in [6, 6.07) is 10.5. The number of carbonyl (C=O) groups is 1. The lowest BCUT2D eigenvalue weighted by Crippen LogP contribution is -2.27. The summed E-state index contributed by atoms with van der Waals surface area (Å²) in [5, 5.41) is 16.7. The molecule has 9 nitrogen and oxygen atoms in total. The molecule has 2 rings (SSSR count). The van der Waals surface area contributed by atoms with Crippen molar-refractivity contribution in [3.05, 3.63) is 58.9 Å². The number of aliphatic hydroxyl groups is 1. The molecule has 144 valence electrons. The van der Waals surface area contributed by atoms with Crippen LogP contribution in [-0.4, -0.2) is 47.2 Å². The fraction of sp³-hybridized carbons (Fsp3) is 0.278. The molecular weight excluding hydrogens is 348 g/mol. The van der Waals surface area contributed by atoms with E-state index >= 15 is 0 Å². The SMILES string of the molecule is Cc1cc(/C(N)=N/N(C)N)cc(C(=O)NCc2cccc(OCCO)c2)n1. The van der Waals surface area contributed by atoms with Gasteiger partial charge in [0.05, 0.1) is 6.61 Å². The summed E-state index contributed by atoms with van der Waals surface area (Å²) in [6.45, 7) is 2.22. The molecule has 0 atom stereocenters. The van der Waals surface area contributed by atoms with Crippen molar-refractivity contribution < 1.29 is 14.6 Å². The number of ether oxygens (including phenoxy) is 1. The molecule has 0 aliphatic rings. The van der Waals surface area contributed by atoms with E-state index < -0.39 is 0 Å². The number of hydrazone groups is 1. The number of aromatic nitrogens is 1. The highest BCUT2D eigenvalue weighted by Crippen LogP contribution is 2.13. The van der Waals surface area contributed by atoms with Crippen LogP contribution in [0.2, 0.25) is 0 Å². The standard InChI is InChI=1S/C18H24N6O3/c1-12-8-14(17(19)23-24(2)20)10-16(22-12)18(26)21-11-13-4-3-5-15(9-13)27-7-6-25/h3-5,8-10,25H,6-7,11,20H2,1-2H3,(H2,19,23)(H,21,26). The minimum absolute atomic E-state index is 0.0608. The Bertz CT molecular complexity index is 822. The molecular formula is C18H24N6O3. The first-order valence-electron chi connectivity index (χ1n) is 8.31. The molecule has 0 spiro atoms. The number of pyridine rings is 1. The molecule has 2 aromatic rings. The highest BCUT2D eigenvalue weighted by atomic mass is 16.5. The van der Waals surface area contributed by atoms with Crippen LogP contribution in [0.1, 0.15) is 27.3 Å². The monoisotopic (exact) mass is 372 g/mol. The van der Waals surface area contributed by atoms with Crippen molar-refractivity contribution in [2.75, 3.05) is 20.3 Å². The van der Waals surface area contributed by atoms with Crippen LogP contribution in [0, 0.1) is 6.92 Å². The van der Waals surface area contributed by atoms with E-state index in [1.165, 1.54) is 0 Å². The van der Waals surface area contributed by atoms with E-state index in [-0.39, 0.29) is 30.7 Å². The van der Waals surface area contributed by atoms with Gasteiger partial charge in [0.25, 0.3) is 5.91 Å². The maximum atomic E-state index is 12.5. The Morgan fingerprint density at radius 2 is 2.15 bits per heavy atom. The predicted octanol–water partition coefficient (Wildman–Crippen LogP) is 0.117. The maximum Gasteiger partial charge on any atom is 0.270 e. The number of aryl methyl sites for hydroxylation is 1. The summed E-state index contributed by atoms with van der Waals surface area (Å²) in [5.41, 5.74) is 8.18. The van der Waals surface area contributed by atoms with E-state index in [9.17, 15) is 4.79 Å². The van der Waals surface area contributed by atoms with Crippen LogP contribution in [0.3, 0.4) is 0 Å². The Balaban J connectivity index is 2.09. The molecule has 27 heavy (non-hydrogen) atoms. The molecule has 9 heteroatoms. The number of carbonyl (C=O) groups excluding carboxylic acids is 1. The van der Waals surface area contributed by atoms with Gasteiger partial charge in [-0.1, -0.05) is 12.1 Å². The summed E-state index contributed by atoms with van der Waals surface area (Å²) < 4.78 is 5.36. The van der Waals surface area contributed by atoms with Crippen LogP contribution in [0.5, 0.6) is 5.75 Å². The zero-order chi connectivity index (χ0) is 19.8. The average Bonchev–Trinajstić information content (AvgIpc) is 2.63. The number of hydrogen-bond acceptors (Lipinski definition) is 7. The first-order chi connectivity index (χ1) is 12.9. The van der Waals surface area contributed by atoms with Crippen molar-refractivity contribution in [2.45, 2.75) is 13.5 Å². The number of rotatable bonds is 8. The fourth-order valence-corrected chi connectivity index (χ4v) is 2.34. The smallest absolute Gasteiger partial charge is 0.270 e. The molecule has 0 aliphatic carbocycles. The van der Waals surface area contributed by atoms with Gasteiger partial charge in [0.15, 0.2) is 5.84 Å². The van der Waals surface area contributed by atoms with Crippen molar-refractivity contribution in [1.82, 2.24) is 15.4 Å². The number of amidine groups is 1. The second-order valence-electron chi connectivity index (χ2n) is 5.84. The predicted molar refractivity (Wildman–Crippen MR) is 102 cm³/mol. The summed E-state index contributed by atoms with van der Waals surface area (Å²) >= 11 is 0. The van der Waals surface area contributed by atoms with Gasteiger partial charge in [0.1, 0.15) is 18.1 Å². The normalized spacial score (nSPS) is 11.2. The highest BCUT2D eigenvalue weighted by Gasteiger charge is 2.11. The molecule has 1 amide bonds. The lowest BCUT2D eigenvalue weighted by atomic mass is 10.1. The van der Waals surface area contributed by atoms with Crippen LogP contribution >= 0.6 is 0 Å². The fourth-order valence-electron chi connectivity index (χ4n) is 2.34. The summed E-state index contributed by atoms with van der Waals surface area (Å²) in [6.07, 6.45) is 0. The Kier molecular flexibility index (Phi) is 7.09. The number of aliphatic hydroxyl groups excluding tert-OH is 1. The third kappa shape index (κ3) is 6.24. The first-order valence-corrected chi connectivity index (χ1v) is 8.31. The van der Waals surface area contributed by atoms with E-state index in [1.54, 1.807) is 38.2 Å². The molecule has 1 aromatic carbocycles. The van der Waals surface area contributed by atoms with E-state index in [4.69, 9.17) is 21.4 Å². The van der Waals surface area contributed by atoms with Crippen molar-refractivity contribution in [2.24, 2.45) is 16.7 Å². The minimum atomic E-state index is -0.337. The molecule has 0 fully saturated rings. The maximum absolute atomic E-state index is 12.5. The lowest BCUT2D eigenvalue weighted by Gasteiger charge is -2.10. The van der Waals surface area contributed by atoms with Crippen molar-refractivity contribution in [3.8, 4) is 5.75 Å². The van der Waals surface area contributed by atoms with Gasteiger partial charge in [-0.2, -0.15) is 0 Å². The zero-order valence-corrected chi connectivity index (χ0v) is 15.3. The summed E-state index contributed by atoms with van der Waals surface area (Å²) in [7, 11) is 1.55. The molecule has 0 bridgehead atoms. The van der Waals surface area contributed by atoms with E-state index in [1.807, 2.05) is 12.1 Å². The van der Waals surface area contributed by atoms with E-state index in [0.717, 1.165) is 10.7 Å². The van der Waals surface area contributed by atoms with Crippen LogP contribution < -0.4 is 21.6 Å². The number of nitrogens with zero attached hydrogens (tertiary/aromatic N) is 3. The second kappa shape index (κ2) is 9.51. The quantitative estimate of drug-likeness (QED) is 0.223. The van der Waals surface area contributed by atoms with Crippen molar-refractivity contribution in [3.63, 3.8) is 0 Å². The topological polar surface area (TPSA) is 139 Å². The van der Waals surface area contributed by atoms with Gasteiger partial charge in [-0.05, 0) is 36.8 Å². The number of amides is 1. The molecule has 0 unspecified atom stereocenters. The highest BCUT2D eigenvalue weighted by molar-refractivity contribution is 6.00. The Morgan fingerprint density at radius 1 is 1.37 bits per heavy atom. The summed E-state index contributed by atoms with van der Waals surface area (Å²) in [5.74, 6) is 5.95. The van der Waals surface area contributed by atoms with Gasteiger partial charge in [0, 0.05) is 24.8 Å². The largest absolute Gasteiger partial charge is 0.491 e. The van der Waals surface area contributed by atoms with Crippen molar-refractivity contribution >= 4 is 11.7 Å². The molecule has 0 saturated carbocycles. The second-order valence-corrected chi connectivity index (χ2v) is 5.84.